The average molecular weight is 117 g/mol. The lowest BCUT2D eigenvalue weighted by Crippen LogP contribution is -2.24. The van der Waals surface area contributed by atoms with E-state index in [-0.39, 0.29) is 6.04 Å². The molecule has 8 heavy (non-hydrogen) atoms. The SMILES string of the molecule is CCOC[C@H](N)CC. The van der Waals surface area contributed by atoms with E-state index < -0.39 is 0 Å². The first-order valence-electron chi connectivity index (χ1n) is 3.14. The fraction of sp³-hybridized carbons (Fsp3) is 1.00. The molecule has 0 bridgehead atoms. The Kier molecular flexibility index (Phi) is 5.01. The van der Waals surface area contributed by atoms with Gasteiger partial charge in [0.15, 0.2) is 0 Å². The molecule has 0 aromatic rings. The summed E-state index contributed by atoms with van der Waals surface area (Å²) < 4.78 is 5.06. The van der Waals surface area contributed by atoms with E-state index in [4.69, 9.17) is 10.5 Å². The van der Waals surface area contributed by atoms with Gasteiger partial charge in [-0.3, -0.25) is 0 Å². The fourth-order valence-corrected chi connectivity index (χ4v) is 0.387. The van der Waals surface area contributed by atoms with Gasteiger partial charge in [-0.25, -0.2) is 0 Å². The first-order valence-corrected chi connectivity index (χ1v) is 3.14. The van der Waals surface area contributed by atoms with Gasteiger partial charge in [0.2, 0.25) is 0 Å². The van der Waals surface area contributed by atoms with E-state index >= 15 is 0 Å². The lowest BCUT2D eigenvalue weighted by molar-refractivity contribution is 0.132. The molecule has 0 unspecified atom stereocenters. The normalized spacial score (nSPS) is 13.9. The predicted octanol–water partition coefficient (Wildman–Crippen LogP) is 0.760. The summed E-state index contributed by atoms with van der Waals surface area (Å²) in [4.78, 5) is 0. The van der Waals surface area contributed by atoms with E-state index in [0.29, 0.717) is 6.61 Å². The summed E-state index contributed by atoms with van der Waals surface area (Å²) in [5.74, 6) is 0. The van der Waals surface area contributed by atoms with E-state index in [1.54, 1.807) is 0 Å². The van der Waals surface area contributed by atoms with Gasteiger partial charge in [0.1, 0.15) is 0 Å². The molecule has 0 rings (SSSR count). The van der Waals surface area contributed by atoms with Crippen molar-refractivity contribution in [2.45, 2.75) is 26.3 Å². The van der Waals surface area contributed by atoms with Crippen LogP contribution in [0.25, 0.3) is 0 Å². The van der Waals surface area contributed by atoms with Crippen LogP contribution in [0.3, 0.4) is 0 Å². The third-order valence-corrected chi connectivity index (χ3v) is 1.06. The summed E-state index contributed by atoms with van der Waals surface area (Å²) >= 11 is 0. The average Bonchev–Trinajstić information content (AvgIpc) is 1.83. The largest absolute Gasteiger partial charge is 0.380 e. The van der Waals surface area contributed by atoms with Crippen LogP contribution in [0.5, 0.6) is 0 Å². The highest BCUT2D eigenvalue weighted by molar-refractivity contribution is 4.54. The van der Waals surface area contributed by atoms with Crippen LogP contribution in [0, 0.1) is 0 Å². The van der Waals surface area contributed by atoms with E-state index in [9.17, 15) is 0 Å². The molecular formula is C6H15NO. The highest BCUT2D eigenvalue weighted by Crippen LogP contribution is 1.85. The van der Waals surface area contributed by atoms with Crippen molar-refractivity contribution in [3.8, 4) is 0 Å². The highest BCUT2D eigenvalue weighted by Gasteiger charge is 1.94. The van der Waals surface area contributed by atoms with Gasteiger partial charge in [-0.2, -0.15) is 0 Å². The molecule has 0 spiro atoms. The Labute approximate surface area is 51.0 Å². The number of hydrogen-bond acceptors (Lipinski definition) is 2. The third-order valence-electron chi connectivity index (χ3n) is 1.06. The molecule has 0 aromatic carbocycles. The zero-order chi connectivity index (χ0) is 6.41. The van der Waals surface area contributed by atoms with Crippen LogP contribution in [0.1, 0.15) is 20.3 Å². The molecular weight excluding hydrogens is 102 g/mol. The van der Waals surface area contributed by atoms with Crippen molar-refractivity contribution in [3.05, 3.63) is 0 Å². The molecule has 2 nitrogen and oxygen atoms in total. The standard InChI is InChI=1S/C6H15NO/c1-3-6(7)5-8-4-2/h6H,3-5,7H2,1-2H3/t6-/m1/s1. The molecule has 0 aliphatic heterocycles. The zero-order valence-electron chi connectivity index (χ0n) is 5.68. The van der Waals surface area contributed by atoms with Gasteiger partial charge in [0.05, 0.1) is 6.61 Å². The van der Waals surface area contributed by atoms with E-state index in [1.807, 2.05) is 6.92 Å². The molecule has 0 saturated heterocycles. The van der Waals surface area contributed by atoms with E-state index in [0.717, 1.165) is 13.0 Å². The van der Waals surface area contributed by atoms with Crippen LogP contribution in [-0.4, -0.2) is 19.3 Å². The van der Waals surface area contributed by atoms with Crippen molar-refractivity contribution in [3.63, 3.8) is 0 Å². The minimum atomic E-state index is 0.231. The maximum atomic E-state index is 5.53. The Morgan fingerprint density at radius 3 is 2.50 bits per heavy atom. The molecule has 2 heteroatoms. The minimum Gasteiger partial charge on any atom is -0.380 e. The number of rotatable bonds is 4. The molecule has 2 N–H and O–H groups in total. The summed E-state index contributed by atoms with van der Waals surface area (Å²) in [6.45, 7) is 5.51. The lowest BCUT2D eigenvalue weighted by Gasteiger charge is -2.06. The van der Waals surface area contributed by atoms with E-state index in [2.05, 4.69) is 6.92 Å². The van der Waals surface area contributed by atoms with Crippen LogP contribution in [0.15, 0.2) is 0 Å². The Balaban J connectivity index is 2.86. The van der Waals surface area contributed by atoms with Crippen molar-refractivity contribution < 1.29 is 4.74 Å². The second-order valence-electron chi connectivity index (χ2n) is 1.83. The maximum absolute atomic E-state index is 5.53. The quantitative estimate of drug-likeness (QED) is 0.590. The molecule has 0 aliphatic rings. The molecule has 0 fully saturated rings. The van der Waals surface area contributed by atoms with Gasteiger partial charge < -0.3 is 10.5 Å². The summed E-state index contributed by atoms with van der Waals surface area (Å²) in [7, 11) is 0. The Hall–Kier alpha value is -0.0800. The van der Waals surface area contributed by atoms with Crippen LogP contribution in [0.2, 0.25) is 0 Å². The van der Waals surface area contributed by atoms with Crippen molar-refractivity contribution in [2.75, 3.05) is 13.2 Å². The Morgan fingerprint density at radius 1 is 1.50 bits per heavy atom. The third kappa shape index (κ3) is 4.09. The van der Waals surface area contributed by atoms with Crippen LogP contribution < -0.4 is 5.73 Å². The smallest absolute Gasteiger partial charge is 0.0617 e. The molecule has 0 amide bonds. The van der Waals surface area contributed by atoms with Crippen LogP contribution in [-0.2, 0) is 4.74 Å². The lowest BCUT2D eigenvalue weighted by atomic mass is 10.3. The molecule has 0 aromatic heterocycles. The maximum Gasteiger partial charge on any atom is 0.0617 e. The van der Waals surface area contributed by atoms with Crippen LogP contribution >= 0.6 is 0 Å². The number of ether oxygens (including phenoxy) is 1. The topological polar surface area (TPSA) is 35.2 Å². The van der Waals surface area contributed by atoms with Crippen molar-refractivity contribution in [2.24, 2.45) is 5.73 Å². The number of hydrogen-bond donors (Lipinski definition) is 1. The van der Waals surface area contributed by atoms with E-state index in [1.165, 1.54) is 0 Å². The Bertz CT molecular complexity index is 47.8. The molecule has 0 saturated carbocycles. The molecule has 1 atom stereocenters. The summed E-state index contributed by atoms with van der Waals surface area (Å²) in [6, 6.07) is 0.231. The van der Waals surface area contributed by atoms with Gasteiger partial charge in [0, 0.05) is 12.6 Å². The molecule has 0 radical (unpaired) electrons. The first kappa shape index (κ1) is 7.92. The monoisotopic (exact) mass is 117 g/mol. The van der Waals surface area contributed by atoms with Gasteiger partial charge in [-0.1, -0.05) is 6.92 Å². The van der Waals surface area contributed by atoms with Crippen molar-refractivity contribution in [1.29, 1.82) is 0 Å². The van der Waals surface area contributed by atoms with Gasteiger partial charge in [-0.05, 0) is 13.3 Å². The van der Waals surface area contributed by atoms with Crippen molar-refractivity contribution in [1.82, 2.24) is 0 Å². The Morgan fingerprint density at radius 2 is 2.12 bits per heavy atom. The first-order chi connectivity index (χ1) is 3.81. The summed E-state index contributed by atoms with van der Waals surface area (Å²) in [6.07, 6.45) is 1.00. The van der Waals surface area contributed by atoms with Crippen molar-refractivity contribution >= 4 is 0 Å². The van der Waals surface area contributed by atoms with Gasteiger partial charge in [-0.15, -0.1) is 0 Å². The predicted molar refractivity (Wildman–Crippen MR) is 34.8 cm³/mol. The second-order valence-corrected chi connectivity index (χ2v) is 1.83. The minimum absolute atomic E-state index is 0.231. The van der Waals surface area contributed by atoms with Gasteiger partial charge >= 0.3 is 0 Å². The molecule has 50 valence electrons. The second kappa shape index (κ2) is 5.06. The zero-order valence-corrected chi connectivity index (χ0v) is 5.68. The summed E-state index contributed by atoms with van der Waals surface area (Å²) in [5, 5.41) is 0. The summed E-state index contributed by atoms with van der Waals surface area (Å²) in [5.41, 5.74) is 5.53. The fourth-order valence-electron chi connectivity index (χ4n) is 0.387. The molecule has 0 aliphatic carbocycles. The number of nitrogens with two attached hydrogens (primary N) is 1. The highest BCUT2D eigenvalue weighted by atomic mass is 16.5. The van der Waals surface area contributed by atoms with Crippen LogP contribution in [0.4, 0.5) is 0 Å². The molecule has 0 heterocycles. The van der Waals surface area contributed by atoms with Gasteiger partial charge in [0.25, 0.3) is 0 Å².